The Hall–Kier alpha value is 0.440. The van der Waals surface area contributed by atoms with Crippen LogP contribution in [0.4, 0.5) is 0 Å². The number of unbranched alkanes of at least 4 members (excludes halogenated alkanes) is 21. The second kappa shape index (κ2) is 29.5. The maximum atomic E-state index is 2.49. The van der Waals surface area contributed by atoms with Gasteiger partial charge in [-0.1, -0.05) is 162 Å². The molecule has 0 fully saturated rings. The molecule has 0 amide bonds. The van der Waals surface area contributed by atoms with Crippen molar-refractivity contribution in [3.8, 4) is 0 Å². The van der Waals surface area contributed by atoms with Crippen LogP contribution in [0.2, 0.25) is 0 Å². The lowest BCUT2D eigenvalue weighted by Gasteiger charge is -2.24. The third kappa shape index (κ3) is 26.7. The van der Waals surface area contributed by atoms with Crippen LogP contribution in [0.15, 0.2) is 0 Å². The summed E-state index contributed by atoms with van der Waals surface area (Å²) in [5.41, 5.74) is 0. The average Bonchev–Trinajstić information content (AvgIpc) is 2.76. The van der Waals surface area contributed by atoms with Gasteiger partial charge in [0, 0.05) is 6.04 Å². The molecule has 0 spiro atoms. The molecule has 0 saturated heterocycles. The van der Waals surface area contributed by atoms with Crippen molar-refractivity contribution in [2.45, 2.75) is 180 Å². The lowest BCUT2D eigenvalue weighted by Crippen LogP contribution is -2.27. The topological polar surface area (TPSA) is 3.24 Å². The molecule has 0 aliphatic carbocycles. The molecule has 0 N–H and O–H groups in total. The van der Waals surface area contributed by atoms with E-state index in [4.69, 9.17) is 0 Å². The molecule has 0 saturated carbocycles. The van der Waals surface area contributed by atoms with E-state index in [1.165, 1.54) is 161 Å². The van der Waals surface area contributed by atoms with Gasteiger partial charge in [0.1, 0.15) is 0 Å². The monoisotopic (exact) mass is 517 g/mol. The van der Waals surface area contributed by atoms with E-state index in [1.54, 1.807) is 0 Å². The van der Waals surface area contributed by atoms with Crippen molar-refractivity contribution in [2.75, 3.05) is 14.1 Å². The first-order chi connectivity index (χ1) is 15.2. The third-order valence-corrected chi connectivity index (χ3v) is 7.26. The van der Waals surface area contributed by atoms with Gasteiger partial charge >= 0.3 is 0 Å². The van der Waals surface area contributed by atoms with Gasteiger partial charge in [-0.05, 0) is 26.9 Å². The molecule has 1 atom stereocenters. The maximum Gasteiger partial charge on any atom is 0.00891 e. The van der Waals surface area contributed by atoms with E-state index < -0.39 is 0 Å². The highest BCUT2D eigenvalue weighted by molar-refractivity contribution is 8.93. The molecule has 196 valence electrons. The minimum atomic E-state index is 0. The molecule has 2 heteroatoms. The predicted molar refractivity (Wildman–Crippen MR) is 155 cm³/mol. The second-order valence-electron chi connectivity index (χ2n) is 10.6. The first-order valence-electron chi connectivity index (χ1n) is 14.9. The number of hydrogen-bond acceptors (Lipinski definition) is 1. The molecule has 0 rings (SSSR count). The molecule has 1 unspecified atom stereocenters. The zero-order valence-electron chi connectivity index (χ0n) is 23.1. The van der Waals surface area contributed by atoms with Crippen molar-refractivity contribution in [1.29, 1.82) is 0 Å². The number of rotatable bonds is 26. The first kappa shape index (κ1) is 34.6. The van der Waals surface area contributed by atoms with E-state index in [0.29, 0.717) is 0 Å². The van der Waals surface area contributed by atoms with Gasteiger partial charge in [0.15, 0.2) is 0 Å². The van der Waals surface area contributed by atoms with Crippen LogP contribution >= 0.6 is 17.0 Å². The molecule has 0 heterocycles. The van der Waals surface area contributed by atoms with Crippen LogP contribution < -0.4 is 0 Å². The van der Waals surface area contributed by atoms with E-state index in [0.717, 1.165) is 6.04 Å². The van der Waals surface area contributed by atoms with Gasteiger partial charge in [0.05, 0.1) is 0 Å². The summed E-state index contributed by atoms with van der Waals surface area (Å²) in [6, 6.07) is 0.821. The number of nitrogens with zero attached hydrogens (tertiary/aromatic N) is 1. The van der Waals surface area contributed by atoms with E-state index in [9.17, 15) is 0 Å². The molecule has 1 nitrogen and oxygen atoms in total. The van der Waals surface area contributed by atoms with Crippen LogP contribution in [0.3, 0.4) is 0 Å². The summed E-state index contributed by atoms with van der Waals surface area (Å²) in [6.45, 7) is 4.61. The highest BCUT2D eigenvalue weighted by atomic mass is 79.9. The van der Waals surface area contributed by atoms with Crippen LogP contribution in [-0.4, -0.2) is 25.0 Å². The Morgan fingerprint density at radius 3 is 0.812 bits per heavy atom. The van der Waals surface area contributed by atoms with Crippen molar-refractivity contribution < 1.29 is 0 Å². The standard InChI is InChI=1S/C30H63N.BrH/c1-5-7-9-11-13-15-17-18-19-21-23-25-27-29-30(31(3)4)28-26-24-22-20-16-14-12-10-8-6-2;/h30H,5-29H2,1-4H3;1H. The van der Waals surface area contributed by atoms with Gasteiger partial charge in [0.2, 0.25) is 0 Å². The minimum absolute atomic E-state index is 0. The average molecular weight is 519 g/mol. The molecule has 0 aromatic rings. The zero-order chi connectivity index (χ0) is 22.8. The summed E-state index contributed by atoms with van der Waals surface area (Å²) in [7, 11) is 4.59. The SMILES string of the molecule is Br.CCCCCCCCCCCCCCCC(CCCCCCCCCCCC)N(C)C. The van der Waals surface area contributed by atoms with Crippen LogP contribution in [-0.2, 0) is 0 Å². The van der Waals surface area contributed by atoms with Gasteiger partial charge in [-0.25, -0.2) is 0 Å². The summed E-state index contributed by atoms with van der Waals surface area (Å²) in [5, 5.41) is 0. The van der Waals surface area contributed by atoms with E-state index in [2.05, 4.69) is 32.8 Å². The summed E-state index contributed by atoms with van der Waals surface area (Å²) in [5.74, 6) is 0. The Bertz CT molecular complexity index is 318. The van der Waals surface area contributed by atoms with Gasteiger partial charge in [-0.15, -0.1) is 17.0 Å². The highest BCUT2D eigenvalue weighted by Crippen LogP contribution is 2.18. The van der Waals surface area contributed by atoms with Crippen LogP contribution in [0.25, 0.3) is 0 Å². The first-order valence-corrected chi connectivity index (χ1v) is 14.9. The smallest absolute Gasteiger partial charge is 0.00891 e. The van der Waals surface area contributed by atoms with Crippen LogP contribution in [0.5, 0.6) is 0 Å². The van der Waals surface area contributed by atoms with Crippen molar-refractivity contribution in [2.24, 2.45) is 0 Å². The number of hydrogen-bond donors (Lipinski definition) is 0. The predicted octanol–water partition coefficient (Wildman–Crippen LogP) is 11.3. The summed E-state index contributed by atoms with van der Waals surface area (Å²) < 4.78 is 0. The normalized spacial score (nSPS) is 12.3. The molecule has 0 aromatic carbocycles. The molecular formula is C30H64BrN. The van der Waals surface area contributed by atoms with Gasteiger partial charge in [-0.3, -0.25) is 0 Å². The maximum absolute atomic E-state index is 2.49. The Morgan fingerprint density at radius 1 is 0.375 bits per heavy atom. The summed E-state index contributed by atoms with van der Waals surface area (Å²) >= 11 is 0. The lowest BCUT2D eigenvalue weighted by atomic mass is 9.99. The van der Waals surface area contributed by atoms with E-state index in [1.807, 2.05) is 0 Å². The summed E-state index contributed by atoms with van der Waals surface area (Å²) in [6.07, 6.45) is 36.3. The molecule has 0 aliphatic heterocycles. The van der Waals surface area contributed by atoms with Crippen molar-refractivity contribution >= 4 is 17.0 Å². The van der Waals surface area contributed by atoms with Gasteiger partial charge < -0.3 is 4.90 Å². The van der Waals surface area contributed by atoms with Crippen molar-refractivity contribution in [3.05, 3.63) is 0 Å². The fourth-order valence-corrected chi connectivity index (χ4v) is 4.93. The lowest BCUT2D eigenvalue weighted by molar-refractivity contribution is 0.251. The molecular weight excluding hydrogens is 454 g/mol. The zero-order valence-corrected chi connectivity index (χ0v) is 24.8. The molecule has 0 bridgehead atoms. The molecule has 32 heavy (non-hydrogen) atoms. The van der Waals surface area contributed by atoms with Crippen LogP contribution in [0.1, 0.15) is 174 Å². The largest absolute Gasteiger partial charge is 0.306 e. The van der Waals surface area contributed by atoms with E-state index in [-0.39, 0.29) is 17.0 Å². The molecule has 0 radical (unpaired) electrons. The second-order valence-corrected chi connectivity index (χ2v) is 10.6. The minimum Gasteiger partial charge on any atom is -0.306 e. The fourth-order valence-electron chi connectivity index (χ4n) is 4.93. The Labute approximate surface area is 216 Å². The van der Waals surface area contributed by atoms with Gasteiger partial charge in [0.25, 0.3) is 0 Å². The van der Waals surface area contributed by atoms with Crippen LogP contribution in [0, 0.1) is 0 Å². The summed E-state index contributed by atoms with van der Waals surface area (Å²) in [4.78, 5) is 2.49. The molecule has 0 aliphatic rings. The Balaban J connectivity index is 0. The highest BCUT2D eigenvalue weighted by Gasteiger charge is 2.10. The Morgan fingerprint density at radius 2 is 0.594 bits per heavy atom. The van der Waals surface area contributed by atoms with Crippen molar-refractivity contribution in [3.63, 3.8) is 0 Å². The van der Waals surface area contributed by atoms with Gasteiger partial charge in [-0.2, -0.15) is 0 Å². The molecule has 0 aromatic heterocycles. The quantitative estimate of drug-likeness (QED) is 0.103. The third-order valence-electron chi connectivity index (χ3n) is 7.26. The fraction of sp³-hybridized carbons (Fsp3) is 1.00. The number of halogens is 1. The van der Waals surface area contributed by atoms with Crippen molar-refractivity contribution in [1.82, 2.24) is 4.90 Å². The van der Waals surface area contributed by atoms with E-state index >= 15 is 0 Å². The Kier molecular flexibility index (Phi) is 31.9.